The zero-order valence-electron chi connectivity index (χ0n) is 13.0. The van der Waals surface area contributed by atoms with Crippen LogP contribution in [0.1, 0.15) is 34.7 Å². The van der Waals surface area contributed by atoms with Crippen molar-refractivity contribution in [1.82, 2.24) is 15.0 Å². The molecular weight excluding hydrogens is 282 g/mol. The first-order valence-corrected chi connectivity index (χ1v) is 7.68. The van der Waals surface area contributed by atoms with Crippen molar-refractivity contribution in [3.8, 4) is 0 Å². The molecule has 2 aromatic heterocycles. The average Bonchev–Trinajstić information content (AvgIpc) is 3.16. The van der Waals surface area contributed by atoms with Gasteiger partial charge in [0.2, 0.25) is 0 Å². The number of hydrogen-bond donors (Lipinski definition) is 0. The van der Waals surface area contributed by atoms with Crippen LogP contribution in [0.2, 0.25) is 0 Å². The van der Waals surface area contributed by atoms with Crippen LogP contribution in [0.5, 0.6) is 0 Å². The van der Waals surface area contributed by atoms with Crippen LogP contribution >= 0.6 is 0 Å². The minimum absolute atomic E-state index is 0.0186. The van der Waals surface area contributed by atoms with Crippen molar-refractivity contribution in [2.24, 2.45) is 0 Å². The quantitative estimate of drug-likeness (QED) is 0.865. The summed E-state index contributed by atoms with van der Waals surface area (Å²) in [4.78, 5) is 16.5. The van der Waals surface area contributed by atoms with Crippen LogP contribution in [-0.4, -0.2) is 47.0 Å². The third kappa shape index (κ3) is 3.22. The van der Waals surface area contributed by atoms with Crippen LogP contribution < -0.4 is 0 Å². The molecule has 1 saturated heterocycles. The number of aromatic nitrogens is 1. The third-order valence-electron chi connectivity index (χ3n) is 3.94. The highest BCUT2D eigenvalue weighted by molar-refractivity contribution is 5.91. The van der Waals surface area contributed by atoms with Crippen molar-refractivity contribution in [2.75, 3.05) is 26.2 Å². The lowest BCUT2D eigenvalue weighted by Gasteiger charge is -2.33. The molecule has 0 saturated carbocycles. The van der Waals surface area contributed by atoms with Crippen LogP contribution in [0.25, 0.3) is 0 Å². The second kappa shape index (κ2) is 6.36. The highest BCUT2D eigenvalue weighted by atomic mass is 16.5. The predicted molar refractivity (Wildman–Crippen MR) is 80.5 cm³/mol. The zero-order chi connectivity index (χ0) is 15.5. The van der Waals surface area contributed by atoms with Gasteiger partial charge in [-0.3, -0.25) is 9.69 Å². The first-order chi connectivity index (χ1) is 10.7. The number of nitrogens with zero attached hydrogens (tertiary/aromatic N) is 3. The molecule has 3 heterocycles. The Morgan fingerprint density at radius 1 is 1.23 bits per heavy atom. The van der Waals surface area contributed by atoms with Gasteiger partial charge in [0, 0.05) is 38.7 Å². The molecule has 2 aromatic rings. The molecule has 1 fully saturated rings. The Hall–Kier alpha value is -2.08. The molecule has 0 aliphatic carbocycles. The van der Waals surface area contributed by atoms with Crippen LogP contribution in [0.3, 0.4) is 0 Å². The summed E-state index contributed by atoms with van der Waals surface area (Å²) in [5, 5.41) is 3.90. The van der Waals surface area contributed by atoms with E-state index in [2.05, 4.69) is 10.1 Å². The summed E-state index contributed by atoms with van der Waals surface area (Å²) in [5.41, 5.74) is 0.897. The van der Waals surface area contributed by atoms with Gasteiger partial charge in [0.1, 0.15) is 5.76 Å². The number of piperazine rings is 1. The van der Waals surface area contributed by atoms with Gasteiger partial charge in [-0.2, -0.15) is 0 Å². The molecule has 0 bridgehead atoms. The number of amides is 1. The second-order valence-electron chi connectivity index (χ2n) is 5.62. The van der Waals surface area contributed by atoms with E-state index in [1.54, 1.807) is 6.07 Å². The zero-order valence-corrected chi connectivity index (χ0v) is 13.0. The highest BCUT2D eigenvalue weighted by Crippen LogP contribution is 2.14. The number of hydrogen-bond acceptors (Lipinski definition) is 5. The summed E-state index contributed by atoms with van der Waals surface area (Å²) in [6.45, 7) is 7.72. The SMILES string of the molecule is CCc1ccc(C(=O)N2CCN(Cc3cc(C)no3)CC2)o1. The van der Waals surface area contributed by atoms with Crippen molar-refractivity contribution in [3.63, 3.8) is 0 Å². The summed E-state index contributed by atoms with van der Waals surface area (Å²) < 4.78 is 10.8. The molecule has 0 unspecified atom stereocenters. The molecule has 0 atom stereocenters. The van der Waals surface area contributed by atoms with Crippen LogP contribution in [0.4, 0.5) is 0 Å². The fourth-order valence-corrected chi connectivity index (χ4v) is 2.66. The number of carbonyl (C=O) groups is 1. The van der Waals surface area contributed by atoms with Gasteiger partial charge in [0.05, 0.1) is 12.2 Å². The van der Waals surface area contributed by atoms with E-state index < -0.39 is 0 Å². The maximum atomic E-state index is 12.4. The molecule has 1 aliphatic heterocycles. The standard InChI is InChI=1S/C16H21N3O3/c1-3-13-4-5-15(21-13)16(20)19-8-6-18(7-9-19)11-14-10-12(2)17-22-14/h4-5,10H,3,6-9,11H2,1-2H3. The largest absolute Gasteiger partial charge is 0.456 e. The Morgan fingerprint density at radius 3 is 2.59 bits per heavy atom. The molecule has 0 aromatic carbocycles. The van der Waals surface area contributed by atoms with Gasteiger partial charge in [-0.25, -0.2) is 0 Å². The molecule has 1 amide bonds. The van der Waals surface area contributed by atoms with Crippen molar-refractivity contribution in [2.45, 2.75) is 26.8 Å². The van der Waals surface area contributed by atoms with Gasteiger partial charge in [0.15, 0.2) is 11.5 Å². The maximum Gasteiger partial charge on any atom is 0.289 e. The normalized spacial score (nSPS) is 16.2. The predicted octanol–water partition coefficient (Wildman–Crippen LogP) is 2.10. The molecule has 6 heteroatoms. The van der Waals surface area contributed by atoms with E-state index in [-0.39, 0.29) is 5.91 Å². The Morgan fingerprint density at radius 2 is 2.00 bits per heavy atom. The molecule has 22 heavy (non-hydrogen) atoms. The fraction of sp³-hybridized carbons (Fsp3) is 0.500. The molecule has 0 spiro atoms. The monoisotopic (exact) mass is 303 g/mol. The smallest absolute Gasteiger partial charge is 0.289 e. The van der Waals surface area contributed by atoms with Crippen LogP contribution in [0, 0.1) is 6.92 Å². The van der Waals surface area contributed by atoms with E-state index in [4.69, 9.17) is 8.94 Å². The minimum Gasteiger partial charge on any atom is -0.456 e. The van der Waals surface area contributed by atoms with E-state index in [1.165, 1.54) is 0 Å². The van der Waals surface area contributed by atoms with Crippen molar-refractivity contribution in [3.05, 3.63) is 41.2 Å². The topological polar surface area (TPSA) is 62.7 Å². The Labute approximate surface area is 129 Å². The average molecular weight is 303 g/mol. The van der Waals surface area contributed by atoms with Gasteiger partial charge in [-0.15, -0.1) is 0 Å². The number of rotatable bonds is 4. The van der Waals surface area contributed by atoms with Gasteiger partial charge >= 0.3 is 0 Å². The number of carbonyl (C=O) groups excluding carboxylic acids is 1. The molecule has 1 aliphatic rings. The van der Waals surface area contributed by atoms with Gasteiger partial charge in [0.25, 0.3) is 5.91 Å². The van der Waals surface area contributed by atoms with E-state index >= 15 is 0 Å². The first-order valence-electron chi connectivity index (χ1n) is 7.68. The molecule has 0 N–H and O–H groups in total. The lowest BCUT2D eigenvalue weighted by atomic mass is 10.2. The lowest BCUT2D eigenvalue weighted by molar-refractivity contribution is 0.0585. The van der Waals surface area contributed by atoms with E-state index in [0.717, 1.165) is 43.3 Å². The minimum atomic E-state index is -0.0186. The summed E-state index contributed by atoms with van der Waals surface area (Å²) in [6.07, 6.45) is 0.803. The summed E-state index contributed by atoms with van der Waals surface area (Å²) >= 11 is 0. The molecule has 6 nitrogen and oxygen atoms in total. The Bertz CT molecular complexity index is 639. The maximum absolute atomic E-state index is 12.4. The van der Waals surface area contributed by atoms with Crippen molar-refractivity contribution in [1.29, 1.82) is 0 Å². The highest BCUT2D eigenvalue weighted by Gasteiger charge is 2.24. The molecule has 3 rings (SSSR count). The van der Waals surface area contributed by atoms with Gasteiger partial charge in [-0.1, -0.05) is 12.1 Å². The summed E-state index contributed by atoms with van der Waals surface area (Å²) in [5.74, 6) is 2.14. The first kappa shape index (κ1) is 14.8. The lowest BCUT2D eigenvalue weighted by Crippen LogP contribution is -2.48. The number of aryl methyl sites for hydroxylation is 2. The van der Waals surface area contributed by atoms with Crippen molar-refractivity contribution >= 4 is 5.91 Å². The third-order valence-corrected chi connectivity index (χ3v) is 3.94. The van der Waals surface area contributed by atoms with E-state index in [9.17, 15) is 4.79 Å². The Kier molecular flexibility index (Phi) is 4.29. The second-order valence-corrected chi connectivity index (χ2v) is 5.62. The van der Waals surface area contributed by atoms with E-state index in [0.29, 0.717) is 18.8 Å². The summed E-state index contributed by atoms with van der Waals surface area (Å²) in [6, 6.07) is 5.59. The molecular formula is C16H21N3O3. The molecule has 0 radical (unpaired) electrons. The summed E-state index contributed by atoms with van der Waals surface area (Å²) in [7, 11) is 0. The van der Waals surface area contributed by atoms with Gasteiger partial charge in [-0.05, 0) is 19.1 Å². The van der Waals surface area contributed by atoms with Gasteiger partial charge < -0.3 is 13.8 Å². The van der Waals surface area contributed by atoms with Crippen molar-refractivity contribution < 1.29 is 13.7 Å². The molecule has 118 valence electrons. The fourth-order valence-electron chi connectivity index (χ4n) is 2.66. The van der Waals surface area contributed by atoms with Crippen LogP contribution in [0.15, 0.2) is 27.1 Å². The van der Waals surface area contributed by atoms with Crippen LogP contribution in [-0.2, 0) is 13.0 Å². The number of furan rings is 1. The Balaban J connectivity index is 1.53. The van der Waals surface area contributed by atoms with E-state index in [1.807, 2.05) is 30.9 Å².